The van der Waals surface area contributed by atoms with E-state index >= 15 is 8.78 Å². The molecule has 0 saturated heterocycles. The second-order valence-corrected chi connectivity index (χ2v) is 11.6. The highest BCUT2D eigenvalue weighted by atomic mass is 32.1. The minimum atomic E-state index is -0.870. The predicted octanol–water partition coefficient (Wildman–Crippen LogP) is 5.49. The lowest BCUT2D eigenvalue weighted by Crippen LogP contribution is -2.11. The Morgan fingerprint density at radius 3 is 1.43 bits per heavy atom. The van der Waals surface area contributed by atoms with Crippen LogP contribution in [0.25, 0.3) is 20.4 Å². The summed E-state index contributed by atoms with van der Waals surface area (Å²) >= 11 is 1.89. The number of nitrogens with zero attached hydrogens (tertiary/aromatic N) is 2. The average Bonchev–Trinajstić information content (AvgIpc) is 3.70. The monoisotopic (exact) mass is 678 g/mol. The predicted molar refractivity (Wildman–Crippen MR) is 164 cm³/mol. The second kappa shape index (κ2) is 15.1. The number of aromatic nitrogens is 2. The maximum atomic E-state index is 15.5. The lowest BCUT2D eigenvalue weighted by Gasteiger charge is -2.15. The van der Waals surface area contributed by atoms with E-state index < -0.39 is 35.1 Å². The summed E-state index contributed by atoms with van der Waals surface area (Å²) in [4.78, 5) is 55.9. The first-order chi connectivity index (χ1) is 22.0. The number of thiazole rings is 2. The molecule has 12 nitrogen and oxygen atoms in total. The first-order valence-corrected chi connectivity index (χ1v) is 15.1. The summed E-state index contributed by atoms with van der Waals surface area (Å²) in [5.41, 5.74) is 0.0446. The number of methoxy groups -OCH3 is 4. The molecule has 46 heavy (non-hydrogen) atoms. The van der Waals surface area contributed by atoms with Crippen LogP contribution in [0.4, 0.5) is 8.78 Å². The van der Waals surface area contributed by atoms with Gasteiger partial charge in [0.1, 0.15) is 24.2 Å². The van der Waals surface area contributed by atoms with Crippen molar-refractivity contribution in [3.63, 3.8) is 0 Å². The van der Waals surface area contributed by atoms with Crippen LogP contribution in [0.3, 0.4) is 0 Å². The van der Waals surface area contributed by atoms with Crippen molar-refractivity contribution in [3.8, 4) is 23.0 Å². The summed E-state index contributed by atoms with van der Waals surface area (Å²) in [6.07, 6.45) is -0.568. The second-order valence-electron chi connectivity index (χ2n) is 9.50. The molecule has 0 aliphatic heterocycles. The number of carbonyl (C=O) groups excluding carboxylic acids is 4. The Kier molecular flexibility index (Phi) is 11.2. The number of rotatable bonds is 16. The number of esters is 2. The fraction of sp³-hybridized carbons (Fsp3) is 0.333. The molecule has 0 aliphatic carbocycles. The number of fused-ring (bicyclic) bond motifs is 2. The van der Waals surface area contributed by atoms with E-state index in [1.807, 2.05) is 0 Å². The van der Waals surface area contributed by atoms with Crippen molar-refractivity contribution in [2.24, 2.45) is 0 Å². The van der Waals surface area contributed by atoms with Gasteiger partial charge in [0.2, 0.25) is 0 Å². The Bertz CT molecular complexity index is 1710. The Morgan fingerprint density at radius 1 is 0.696 bits per heavy atom. The molecule has 0 N–H and O–H groups in total. The fourth-order valence-corrected chi connectivity index (χ4v) is 5.94. The van der Waals surface area contributed by atoms with Gasteiger partial charge >= 0.3 is 11.9 Å². The molecule has 0 unspecified atom stereocenters. The summed E-state index contributed by atoms with van der Waals surface area (Å²) in [6.45, 7) is 3.31. The van der Waals surface area contributed by atoms with Crippen LogP contribution in [0.15, 0.2) is 24.3 Å². The van der Waals surface area contributed by atoms with Crippen molar-refractivity contribution >= 4 is 66.6 Å². The zero-order valence-corrected chi connectivity index (χ0v) is 26.8. The number of hydrogen-bond donors (Lipinski definition) is 0. The molecule has 4 rings (SSSR count). The molecule has 2 heterocycles. The van der Waals surface area contributed by atoms with E-state index in [0.717, 1.165) is 22.7 Å². The van der Waals surface area contributed by atoms with Gasteiger partial charge < -0.3 is 28.4 Å². The molecule has 2 aromatic heterocycles. The Morgan fingerprint density at radius 2 is 1.09 bits per heavy atom. The van der Waals surface area contributed by atoms with Crippen LogP contribution in [0, 0.1) is 11.6 Å². The summed E-state index contributed by atoms with van der Waals surface area (Å²) in [5.74, 6) is -4.24. The third-order valence-corrected chi connectivity index (χ3v) is 8.51. The summed E-state index contributed by atoms with van der Waals surface area (Å²) in [6, 6.07) is 2.94. The normalized spacial score (nSPS) is 10.9. The minimum Gasteiger partial charge on any atom is -0.493 e. The number of ketones is 2. The zero-order valence-electron chi connectivity index (χ0n) is 25.2. The van der Waals surface area contributed by atoms with Gasteiger partial charge in [0.15, 0.2) is 56.2 Å². The molecule has 0 radical (unpaired) electrons. The van der Waals surface area contributed by atoms with Gasteiger partial charge in [-0.3, -0.25) is 19.2 Å². The lowest BCUT2D eigenvalue weighted by molar-refractivity contribution is -0.141. The van der Waals surface area contributed by atoms with Gasteiger partial charge in [-0.25, -0.2) is 18.7 Å². The van der Waals surface area contributed by atoms with Crippen LogP contribution in [-0.2, 0) is 19.1 Å². The maximum absolute atomic E-state index is 15.5. The largest absolute Gasteiger partial charge is 0.493 e. The lowest BCUT2D eigenvalue weighted by atomic mass is 10.2. The van der Waals surface area contributed by atoms with Crippen molar-refractivity contribution in [3.05, 3.63) is 45.9 Å². The Balaban J connectivity index is 1.46. The molecule has 16 heteroatoms. The van der Waals surface area contributed by atoms with Gasteiger partial charge in [-0.1, -0.05) is 6.58 Å². The Labute approximate surface area is 268 Å². The smallest absolute Gasteiger partial charge is 0.305 e. The summed E-state index contributed by atoms with van der Waals surface area (Å²) in [5, 5.41) is 0.0288. The Hall–Kier alpha value is -4.70. The van der Waals surface area contributed by atoms with E-state index in [9.17, 15) is 19.2 Å². The number of carbonyl (C=O) groups is 4. The molecule has 0 amide bonds. The summed E-state index contributed by atoms with van der Waals surface area (Å²) in [7, 11) is 5.06. The van der Waals surface area contributed by atoms with E-state index in [0.29, 0.717) is 9.40 Å². The molecule has 0 saturated carbocycles. The third-order valence-electron chi connectivity index (χ3n) is 6.42. The van der Waals surface area contributed by atoms with Crippen LogP contribution < -0.4 is 18.9 Å². The number of hydrogen-bond acceptors (Lipinski definition) is 14. The van der Waals surface area contributed by atoms with Gasteiger partial charge in [0.25, 0.3) is 0 Å². The van der Waals surface area contributed by atoms with Crippen LogP contribution in [-0.4, -0.2) is 75.1 Å². The number of Topliss-reactive ketones (excluding diaryl/α,β-unsaturated/α-hetero) is 2. The van der Waals surface area contributed by atoms with Crippen molar-refractivity contribution < 1.29 is 56.4 Å². The van der Waals surface area contributed by atoms with Gasteiger partial charge in [-0.05, 0) is 5.57 Å². The molecule has 2 aromatic carbocycles. The highest BCUT2D eigenvalue weighted by Crippen LogP contribution is 2.40. The van der Waals surface area contributed by atoms with Crippen LogP contribution >= 0.6 is 22.7 Å². The van der Waals surface area contributed by atoms with E-state index in [1.54, 1.807) is 0 Å². The van der Waals surface area contributed by atoms with Gasteiger partial charge in [-0.15, -0.1) is 22.7 Å². The van der Waals surface area contributed by atoms with Crippen LogP contribution in [0.5, 0.6) is 23.0 Å². The van der Waals surface area contributed by atoms with Crippen molar-refractivity contribution in [1.29, 1.82) is 0 Å². The topological polar surface area (TPSA) is 149 Å². The fourth-order valence-electron chi connectivity index (χ4n) is 4.02. The van der Waals surface area contributed by atoms with Crippen molar-refractivity contribution in [1.82, 2.24) is 9.97 Å². The van der Waals surface area contributed by atoms with Gasteiger partial charge in [-0.2, -0.15) is 0 Å². The number of benzene rings is 2. The molecular formula is C30H28F2N2O10S2. The first-order valence-electron chi connectivity index (χ1n) is 13.5. The molecule has 0 bridgehead atoms. The van der Waals surface area contributed by atoms with E-state index in [2.05, 4.69) is 26.0 Å². The quantitative estimate of drug-likeness (QED) is 0.0838. The van der Waals surface area contributed by atoms with E-state index in [4.69, 9.17) is 18.9 Å². The van der Waals surface area contributed by atoms with Crippen LogP contribution in [0.2, 0.25) is 0 Å². The molecule has 0 spiro atoms. The highest BCUT2D eigenvalue weighted by Gasteiger charge is 2.24. The molecule has 0 aliphatic rings. The van der Waals surface area contributed by atoms with Gasteiger partial charge in [0.05, 0.1) is 50.7 Å². The maximum Gasteiger partial charge on any atom is 0.305 e. The number of ether oxygens (including phenoxy) is 6. The first kappa shape index (κ1) is 34.2. The highest BCUT2D eigenvalue weighted by molar-refractivity contribution is 7.20. The van der Waals surface area contributed by atoms with E-state index in [1.165, 1.54) is 40.6 Å². The van der Waals surface area contributed by atoms with Crippen molar-refractivity contribution in [2.45, 2.75) is 25.7 Å². The third kappa shape index (κ3) is 7.56. The zero-order chi connectivity index (χ0) is 33.5. The average molecular weight is 679 g/mol. The molecule has 0 atom stereocenters. The van der Waals surface area contributed by atoms with E-state index in [-0.39, 0.29) is 88.5 Å². The van der Waals surface area contributed by atoms with Crippen LogP contribution in [0.1, 0.15) is 45.3 Å². The minimum absolute atomic E-state index is 0.0144. The van der Waals surface area contributed by atoms with Gasteiger partial charge in [0, 0.05) is 25.0 Å². The molecular weight excluding hydrogens is 650 g/mol. The molecule has 4 aromatic rings. The summed E-state index contributed by atoms with van der Waals surface area (Å²) < 4.78 is 62.6. The molecule has 244 valence electrons. The molecule has 0 fully saturated rings. The number of halogens is 2. The standard InChI is InChI=1S/C30H28F2N2O10S2/c1-14(12-43-27-17(39-2)10-19-25(23(27)31)33-29(45-19)15(35)6-8-21(37)41-4)13-44-28-18(40-3)11-20-26(24(28)32)34-30(46-20)16(36)7-9-22(38)42-5/h10-11H,1,6-9,12-13H2,2-5H3. The SMILES string of the molecule is C=C(COc1c(OC)cc2sc(C(=O)CCC(=O)OC)nc2c1F)COc1c(OC)cc2sc(C(=O)CCC(=O)OC)nc2c1F. The van der Waals surface area contributed by atoms with Crippen molar-refractivity contribution in [2.75, 3.05) is 41.7 Å².